The SMILES string of the molecule is Br.Br.CC(C)(C)CC(N)=O. The van der Waals surface area contributed by atoms with E-state index in [0.717, 1.165) is 0 Å². The minimum atomic E-state index is -0.225. The number of primary amides is 1. The first-order valence-corrected chi connectivity index (χ1v) is 2.70. The molecule has 2 N–H and O–H groups in total. The number of amides is 1. The van der Waals surface area contributed by atoms with Gasteiger partial charge in [-0.25, -0.2) is 0 Å². The van der Waals surface area contributed by atoms with Crippen molar-refractivity contribution < 1.29 is 4.79 Å². The van der Waals surface area contributed by atoms with Gasteiger partial charge in [0.2, 0.25) is 5.91 Å². The highest BCUT2D eigenvalue weighted by molar-refractivity contribution is 8.93. The molecule has 0 unspecified atom stereocenters. The third kappa shape index (κ3) is 15.8. The molecule has 0 aromatic rings. The fourth-order valence-electron chi connectivity index (χ4n) is 0.523. The van der Waals surface area contributed by atoms with Crippen molar-refractivity contribution in [3.63, 3.8) is 0 Å². The maximum Gasteiger partial charge on any atom is 0.217 e. The fraction of sp³-hybridized carbons (Fsp3) is 0.833. The van der Waals surface area contributed by atoms with Crippen molar-refractivity contribution in [2.45, 2.75) is 27.2 Å². The molecule has 0 aliphatic carbocycles. The second kappa shape index (κ2) is 6.16. The molecule has 10 heavy (non-hydrogen) atoms. The van der Waals surface area contributed by atoms with Crippen molar-refractivity contribution in [3.05, 3.63) is 0 Å². The van der Waals surface area contributed by atoms with E-state index < -0.39 is 0 Å². The van der Waals surface area contributed by atoms with E-state index in [1.807, 2.05) is 20.8 Å². The van der Waals surface area contributed by atoms with Crippen LogP contribution in [0.5, 0.6) is 0 Å². The van der Waals surface area contributed by atoms with E-state index in [-0.39, 0.29) is 45.3 Å². The standard InChI is InChI=1S/C6H13NO.2BrH/c1-6(2,3)4-5(7)8;;/h4H2,1-3H3,(H2,7,8);2*1H. The van der Waals surface area contributed by atoms with Gasteiger partial charge in [-0.3, -0.25) is 4.79 Å². The van der Waals surface area contributed by atoms with Gasteiger partial charge in [0.15, 0.2) is 0 Å². The van der Waals surface area contributed by atoms with E-state index in [1.165, 1.54) is 0 Å². The molecule has 0 fully saturated rings. The van der Waals surface area contributed by atoms with Crippen molar-refractivity contribution in [2.75, 3.05) is 0 Å². The van der Waals surface area contributed by atoms with Gasteiger partial charge in [0, 0.05) is 6.42 Å². The number of nitrogens with two attached hydrogens (primary N) is 1. The number of rotatable bonds is 1. The summed E-state index contributed by atoms with van der Waals surface area (Å²) in [5.74, 6) is -0.225. The summed E-state index contributed by atoms with van der Waals surface area (Å²) in [6, 6.07) is 0. The average molecular weight is 277 g/mol. The number of halogens is 2. The predicted octanol–water partition coefficient (Wildman–Crippen LogP) is 2.06. The Balaban J connectivity index is -0.000000245. The Hall–Kier alpha value is 0.430. The Kier molecular flexibility index (Phi) is 10.3. The van der Waals surface area contributed by atoms with E-state index in [9.17, 15) is 4.79 Å². The van der Waals surface area contributed by atoms with Gasteiger partial charge in [0.1, 0.15) is 0 Å². The zero-order valence-corrected chi connectivity index (χ0v) is 9.94. The molecule has 0 rings (SSSR count). The highest BCUT2D eigenvalue weighted by Gasteiger charge is 2.12. The van der Waals surface area contributed by atoms with Crippen LogP contribution < -0.4 is 5.73 Å². The lowest BCUT2D eigenvalue weighted by Crippen LogP contribution is -2.19. The molecule has 4 heteroatoms. The zero-order valence-electron chi connectivity index (χ0n) is 6.51. The Morgan fingerprint density at radius 2 is 1.60 bits per heavy atom. The highest BCUT2D eigenvalue weighted by atomic mass is 79.9. The van der Waals surface area contributed by atoms with Crippen LogP contribution in [0.4, 0.5) is 0 Å². The van der Waals surface area contributed by atoms with Crippen LogP contribution >= 0.6 is 34.0 Å². The van der Waals surface area contributed by atoms with Crippen LogP contribution in [0.25, 0.3) is 0 Å². The number of carbonyl (C=O) groups is 1. The van der Waals surface area contributed by atoms with Gasteiger partial charge in [0.25, 0.3) is 0 Å². The molecule has 0 heterocycles. The van der Waals surface area contributed by atoms with E-state index >= 15 is 0 Å². The van der Waals surface area contributed by atoms with Crippen molar-refractivity contribution in [2.24, 2.45) is 11.1 Å². The van der Waals surface area contributed by atoms with E-state index in [4.69, 9.17) is 5.73 Å². The Bertz CT molecular complexity index is 98.4. The molecule has 1 amide bonds. The molecule has 0 aromatic heterocycles. The van der Waals surface area contributed by atoms with E-state index in [0.29, 0.717) is 6.42 Å². The molecule has 0 bridgehead atoms. The van der Waals surface area contributed by atoms with E-state index in [2.05, 4.69) is 0 Å². The van der Waals surface area contributed by atoms with Gasteiger partial charge >= 0.3 is 0 Å². The van der Waals surface area contributed by atoms with Crippen LogP contribution in [-0.4, -0.2) is 5.91 Å². The Labute approximate surface area is 83.1 Å². The molecule has 2 nitrogen and oxygen atoms in total. The second-order valence-electron chi connectivity index (χ2n) is 3.20. The fourth-order valence-corrected chi connectivity index (χ4v) is 0.523. The monoisotopic (exact) mass is 275 g/mol. The first kappa shape index (κ1) is 16.8. The maximum absolute atomic E-state index is 10.2. The molecule has 0 spiro atoms. The molecule has 0 saturated heterocycles. The van der Waals surface area contributed by atoms with Crippen molar-refractivity contribution in [1.82, 2.24) is 0 Å². The quantitative estimate of drug-likeness (QED) is 0.783. The molecule has 0 saturated carbocycles. The van der Waals surface area contributed by atoms with Crippen LogP contribution in [0.3, 0.4) is 0 Å². The minimum absolute atomic E-state index is 0. The number of carbonyl (C=O) groups excluding carboxylic acids is 1. The van der Waals surface area contributed by atoms with Crippen LogP contribution in [0, 0.1) is 5.41 Å². The summed E-state index contributed by atoms with van der Waals surface area (Å²) in [5, 5.41) is 0. The van der Waals surface area contributed by atoms with Gasteiger partial charge in [-0.15, -0.1) is 34.0 Å². The van der Waals surface area contributed by atoms with Crippen LogP contribution in [-0.2, 0) is 4.79 Å². The number of hydrogen-bond acceptors (Lipinski definition) is 1. The maximum atomic E-state index is 10.2. The summed E-state index contributed by atoms with van der Waals surface area (Å²) in [7, 11) is 0. The third-order valence-corrected chi connectivity index (χ3v) is 0.705. The lowest BCUT2D eigenvalue weighted by molar-refractivity contribution is -0.119. The molecule has 64 valence electrons. The molecular weight excluding hydrogens is 262 g/mol. The summed E-state index contributed by atoms with van der Waals surface area (Å²) in [6.45, 7) is 5.95. The van der Waals surface area contributed by atoms with Crippen molar-refractivity contribution in [3.8, 4) is 0 Å². The lowest BCUT2D eigenvalue weighted by atomic mass is 9.92. The van der Waals surface area contributed by atoms with E-state index in [1.54, 1.807) is 0 Å². The Morgan fingerprint density at radius 3 is 1.60 bits per heavy atom. The van der Waals surface area contributed by atoms with Gasteiger partial charge in [-0.2, -0.15) is 0 Å². The summed E-state index contributed by atoms with van der Waals surface area (Å²) >= 11 is 0. The normalized spacial score (nSPS) is 9.10. The summed E-state index contributed by atoms with van der Waals surface area (Å²) in [4.78, 5) is 10.2. The Morgan fingerprint density at radius 1 is 1.30 bits per heavy atom. The van der Waals surface area contributed by atoms with Crippen molar-refractivity contribution in [1.29, 1.82) is 0 Å². The lowest BCUT2D eigenvalue weighted by Gasteiger charge is -2.13. The third-order valence-electron chi connectivity index (χ3n) is 0.705. The zero-order chi connectivity index (χ0) is 6.78. The van der Waals surface area contributed by atoms with Gasteiger partial charge in [0.05, 0.1) is 0 Å². The smallest absolute Gasteiger partial charge is 0.217 e. The summed E-state index contributed by atoms with van der Waals surface area (Å²) in [5.41, 5.74) is 4.99. The van der Waals surface area contributed by atoms with Gasteiger partial charge < -0.3 is 5.73 Å². The van der Waals surface area contributed by atoms with Crippen LogP contribution in [0.15, 0.2) is 0 Å². The highest BCUT2D eigenvalue weighted by Crippen LogP contribution is 2.16. The molecule has 0 aromatic carbocycles. The minimum Gasteiger partial charge on any atom is -0.370 e. The molecule has 0 atom stereocenters. The second-order valence-corrected chi connectivity index (χ2v) is 3.20. The summed E-state index contributed by atoms with van der Waals surface area (Å²) in [6.07, 6.45) is 0.465. The van der Waals surface area contributed by atoms with Gasteiger partial charge in [-0.1, -0.05) is 20.8 Å². The molecule has 0 aliphatic rings. The molecule has 0 aliphatic heterocycles. The molecule has 0 radical (unpaired) electrons. The van der Waals surface area contributed by atoms with Crippen molar-refractivity contribution >= 4 is 39.9 Å². The van der Waals surface area contributed by atoms with Gasteiger partial charge in [-0.05, 0) is 5.41 Å². The predicted molar refractivity (Wildman–Crippen MR) is 53.9 cm³/mol. The summed E-state index contributed by atoms with van der Waals surface area (Å²) < 4.78 is 0. The first-order valence-electron chi connectivity index (χ1n) is 2.70. The first-order chi connectivity index (χ1) is 3.42. The number of hydrogen-bond donors (Lipinski definition) is 1. The molecular formula is C6H15Br2NO. The average Bonchev–Trinajstić information content (AvgIpc) is 1.21. The topological polar surface area (TPSA) is 43.1 Å². The van der Waals surface area contributed by atoms with Crippen LogP contribution in [0.1, 0.15) is 27.2 Å². The van der Waals surface area contributed by atoms with Crippen LogP contribution in [0.2, 0.25) is 0 Å². The largest absolute Gasteiger partial charge is 0.370 e.